The zero-order valence-electron chi connectivity index (χ0n) is 10.8. The number of para-hydroxylation sites is 1. The van der Waals surface area contributed by atoms with Gasteiger partial charge in [0.1, 0.15) is 12.0 Å². The van der Waals surface area contributed by atoms with E-state index < -0.39 is 12.0 Å². The smallest absolute Gasteiger partial charge is 0.142 e. The van der Waals surface area contributed by atoms with Crippen molar-refractivity contribution in [3.63, 3.8) is 0 Å². The molecule has 1 heterocycles. The Hall–Kier alpha value is -1.61. The van der Waals surface area contributed by atoms with Crippen molar-refractivity contribution < 1.29 is 8.78 Å². The van der Waals surface area contributed by atoms with Crippen molar-refractivity contribution in [3.05, 3.63) is 63.9 Å². The van der Waals surface area contributed by atoms with E-state index in [1.54, 1.807) is 18.2 Å². The average Bonchev–Trinajstić information content (AvgIpc) is 2.92. The summed E-state index contributed by atoms with van der Waals surface area (Å²) in [5.74, 6) is -0.507. The molecule has 1 N–H and O–H groups in total. The maximum Gasteiger partial charge on any atom is 0.142 e. The van der Waals surface area contributed by atoms with Gasteiger partial charge in [-0.1, -0.05) is 41.9 Å². The number of anilines is 1. The monoisotopic (exact) mass is 293 g/mol. The van der Waals surface area contributed by atoms with Gasteiger partial charge in [-0.3, -0.25) is 0 Å². The lowest BCUT2D eigenvalue weighted by molar-refractivity contribution is 0.343. The number of fused-ring (bicyclic) bond motifs is 1. The van der Waals surface area contributed by atoms with E-state index in [1.165, 1.54) is 6.07 Å². The molecule has 0 aromatic heterocycles. The molecule has 0 fully saturated rings. The average molecular weight is 294 g/mol. The predicted molar refractivity (Wildman–Crippen MR) is 77.6 cm³/mol. The highest BCUT2D eigenvalue weighted by Gasteiger charge is 2.21. The van der Waals surface area contributed by atoms with Crippen LogP contribution in [0.4, 0.5) is 14.5 Å². The van der Waals surface area contributed by atoms with Gasteiger partial charge in [-0.15, -0.1) is 0 Å². The Labute approximate surface area is 121 Å². The van der Waals surface area contributed by atoms with E-state index >= 15 is 0 Å². The maximum absolute atomic E-state index is 14.6. The van der Waals surface area contributed by atoms with E-state index in [0.717, 1.165) is 24.2 Å². The van der Waals surface area contributed by atoms with Crippen LogP contribution in [0.15, 0.2) is 36.4 Å². The number of hydrogen-bond acceptors (Lipinski definition) is 1. The van der Waals surface area contributed by atoms with Crippen molar-refractivity contribution in [1.82, 2.24) is 0 Å². The largest absolute Gasteiger partial charge is 0.384 e. The van der Waals surface area contributed by atoms with Crippen molar-refractivity contribution in [3.8, 4) is 0 Å². The van der Waals surface area contributed by atoms with Crippen LogP contribution in [0.5, 0.6) is 0 Å². The van der Waals surface area contributed by atoms with E-state index in [0.29, 0.717) is 11.1 Å². The van der Waals surface area contributed by atoms with E-state index in [4.69, 9.17) is 11.6 Å². The van der Waals surface area contributed by atoms with Crippen LogP contribution in [0.2, 0.25) is 5.02 Å². The molecule has 0 bridgehead atoms. The Bertz CT molecular complexity index is 642. The molecule has 2 aromatic carbocycles. The van der Waals surface area contributed by atoms with Crippen molar-refractivity contribution in [2.45, 2.75) is 19.0 Å². The van der Waals surface area contributed by atoms with Crippen LogP contribution in [-0.2, 0) is 12.8 Å². The molecule has 3 rings (SSSR count). The second-order valence-electron chi connectivity index (χ2n) is 4.94. The molecular weight excluding hydrogens is 280 g/mol. The van der Waals surface area contributed by atoms with Crippen LogP contribution < -0.4 is 5.32 Å². The Kier molecular flexibility index (Phi) is 3.62. The Morgan fingerprint density at radius 1 is 1.20 bits per heavy atom. The molecule has 0 aliphatic carbocycles. The molecule has 1 unspecified atom stereocenters. The van der Waals surface area contributed by atoms with Gasteiger partial charge in [-0.25, -0.2) is 8.78 Å². The van der Waals surface area contributed by atoms with Crippen LogP contribution in [-0.4, -0.2) is 6.54 Å². The molecule has 0 spiro atoms. The summed E-state index contributed by atoms with van der Waals surface area (Å²) in [5, 5.41) is 3.22. The number of nitrogens with one attached hydrogen (secondary N) is 1. The molecule has 20 heavy (non-hydrogen) atoms. The lowest BCUT2D eigenvalue weighted by Crippen LogP contribution is -2.02. The summed E-state index contributed by atoms with van der Waals surface area (Å²) in [4.78, 5) is 0. The van der Waals surface area contributed by atoms with Crippen molar-refractivity contribution in [1.29, 1.82) is 0 Å². The van der Waals surface area contributed by atoms with Crippen LogP contribution >= 0.6 is 11.6 Å². The van der Waals surface area contributed by atoms with Crippen LogP contribution in [0.25, 0.3) is 0 Å². The Morgan fingerprint density at radius 3 is 2.85 bits per heavy atom. The van der Waals surface area contributed by atoms with Gasteiger partial charge in [-0.2, -0.15) is 0 Å². The fourth-order valence-corrected chi connectivity index (χ4v) is 2.84. The molecular formula is C16H14ClF2N. The number of hydrogen-bond donors (Lipinski definition) is 1. The van der Waals surface area contributed by atoms with E-state index in [2.05, 4.69) is 5.32 Å². The predicted octanol–water partition coefficient (Wildman–Crippen LogP) is 4.70. The fourth-order valence-electron chi connectivity index (χ4n) is 2.64. The molecule has 104 valence electrons. The van der Waals surface area contributed by atoms with Crippen LogP contribution in [0.3, 0.4) is 0 Å². The van der Waals surface area contributed by atoms with Gasteiger partial charge in [0.15, 0.2) is 0 Å². The topological polar surface area (TPSA) is 12.0 Å². The first kappa shape index (κ1) is 13.4. The first-order chi connectivity index (χ1) is 9.66. The van der Waals surface area contributed by atoms with E-state index in [9.17, 15) is 8.78 Å². The highest BCUT2D eigenvalue weighted by molar-refractivity contribution is 6.31. The Balaban J connectivity index is 1.89. The molecule has 4 heteroatoms. The molecule has 1 atom stereocenters. The number of halogens is 3. The molecule has 1 nitrogen and oxygen atoms in total. The molecule has 0 saturated heterocycles. The van der Waals surface area contributed by atoms with Crippen LogP contribution in [0, 0.1) is 5.82 Å². The SMILES string of the molecule is Fc1cccc(CC(F)c2cccc3c2NCC3)c1Cl. The first-order valence-electron chi connectivity index (χ1n) is 6.59. The maximum atomic E-state index is 14.6. The van der Waals surface area contributed by atoms with E-state index in [1.807, 2.05) is 12.1 Å². The van der Waals surface area contributed by atoms with Gasteiger partial charge in [0.2, 0.25) is 0 Å². The van der Waals surface area contributed by atoms with Gasteiger partial charge < -0.3 is 5.32 Å². The van der Waals surface area contributed by atoms with E-state index in [-0.39, 0.29) is 11.4 Å². The number of rotatable bonds is 3. The van der Waals surface area contributed by atoms with Gasteiger partial charge in [0.05, 0.1) is 5.02 Å². The molecule has 1 aliphatic rings. The Morgan fingerprint density at radius 2 is 2.00 bits per heavy atom. The summed E-state index contributed by atoms with van der Waals surface area (Å²) in [6, 6.07) is 10.1. The summed E-state index contributed by atoms with van der Waals surface area (Å²) in [7, 11) is 0. The first-order valence-corrected chi connectivity index (χ1v) is 6.97. The zero-order chi connectivity index (χ0) is 14.1. The molecule has 1 aliphatic heterocycles. The molecule has 0 radical (unpaired) electrons. The zero-order valence-corrected chi connectivity index (χ0v) is 11.6. The summed E-state index contributed by atoms with van der Waals surface area (Å²) >= 11 is 5.88. The van der Waals surface area contributed by atoms with Gasteiger partial charge in [-0.05, 0) is 23.6 Å². The highest BCUT2D eigenvalue weighted by Crippen LogP contribution is 2.35. The highest BCUT2D eigenvalue weighted by atomic mass is 35.5. The minimum absolute atomic E-state index is 0.00989. The third-order valence-electron chi connectivity index (χ3n) is 3.65. The van der Waals surface area contributed by atoms with Crippen molar-refractivity contribution >= 4 is 17.3 Å². The normalized spacial score (nSPS) is 14.8. The number of alkyl halides is 1. The third-order valence-corrected chi connectivity index (χ3v) is 4.07. The second kappa shape index (κ2) is 5.41. The van der Waals surface area contributed by atoms with Crippen molar-refractivity contribution in [2.75, 3.05) is 11.9 Å². The minimum atomic E-state index is -1.20. The molecule has 2 aromatic rings. The summed E-state index contributed by atoms with van der Waals surface area (Å²) in [6.45, 7) is 0.833. The third kappa shape index (κ3) is 2.38. The van der Waals surface area contributed by atoms with Crippen molar-refractivity contribution in [2.24, 2.45) is 0 Å². The quantitative estimate of drug-likeness (QED) is 0.865. The van der Waals surface area contributed by atoms with Gasteiger partial charge in [0.25, 0.3) is 0 Å². The van der Waals surface area contributed by atoms with Crippen LogP contribution in [0.1, 0.15) is 22.9 Å². The van der Waals surface area contributed by atoms with Gasteiger partial charge in [0, 0.05) is 24.2 Å². The summed E-state index contributed by atoms with van der Waals surface area (Å²) < 4.78 is 28.0. The number of benzene rings is 2. The fraction of sp³-hybridized carbons (Fsp3) is 0.250. The van der Waals surface area contributed by atoms with Gasteiger partial charge >= 0.3 is 0 Å². The second-order valence-corrected chi connectivity index (χ2v) is 5.32. The molecule has 0 saturated carbocycles. The summed E-state index contributed by atoms with van der Waals surface area (Å²) in [6.07, 6.45) is -0.208. The lowest BCUT2D eigenvalue weighted by Gasteiger charge is -2.14. The summed E-state index contributed by atoms with van der Waals surface area (Å²) in [5.41, 5.74) is 3.14. The lowest BCUT2D eigenvalue weighted by atomic mass is 9.99. The molecule has 0 amide bonds. The minimum Gasteiger partial charge on any atom is -0.384 e. The standard InChI is InChI=1S/C16H14ClF2N/c17-15-11(4-2-6-13(15)18)9-14(19)12-5-1-3-10-7-8-20-16(10)12/h1-6,14,20H,7-9H2.